The van der Waals surface area contributed by atoms with E-state index in [4.69, 9.17) is 13.6 Å². The molecule has 38 heavy (non-hydrogen) atoms. The molecule has 8 nitrogen and oxygen atoms in total. The Labute approximate surface area is 218 Å². The number of rotatable bonds is 8. The van der Waals surface area contributed by atoms with Gasteiger partial charge in [-0.2, -0.15) is 0 Å². The highest BCUT2D eigenvalue weighted by atomic mass is 16.5. The number of benzene rings is 3. The van der Waals surface area contributed by atoms with Gasteiger partial charge in [0, 0.05) is 22.0 Å². The summed E-state index contributed by atoms with van der Waals surface area (Å²) in [5, 5.41) is 7.13. The van der Waals surface area contributed by atoms with Crippen molar-refractivity contribution >= 4 is 51.1 Å². The van der Waals surface area contributed by atoms with Crippen LogP contribution in [0.2, 0.25) is 0 Å². The Balaban J connectivity index is 1.38. The lowest BCUT2D eigenvalue weighted by molar-refractivity contribution is -0.115. The average molecular weight is 511 g/mol. The van der Waals surface area contributed by atoms with E-state index in [0.29, 0.717) is 27.8 Å². The van der Waals surface area contributed by atoms with E-state index in [1.165, 1.54) is 0 Å². The highest BCUT2D eigenvalue weighted by Gasteiger charge is 2.23. The Morgan fingerprint density at radius 3 is 2.42 bits per heavy atom. The van der Waals surface area contributed by atoms with Crippen molar-refractivity contribution in [3.8, 4) is 0 Å². The van der Waals surface area contributed by atoms with Crippen molar-refractivity contribution in [2.45, 2.75) is 26.7 Å². The molecule has 0 bridgehead atoms. The van der Waals surface area contributed by atoms with Crippen LogP contribution in [-0.4, -0.2) is 24.4 Å². The third-order valence-electron chi connectivity index (χ3n) is 6.20. The van der Waals surface area contributed by atoms with E-state index < -0.39 is 11.9 Å². The molecule has 3 aromatic carbocycles. The minimum Gasteiger partial charge on any atom is -0.464 e. The first-order valence-corrected chi connectivity index (χ1v) is 12.4. The zero-order chi connectivity index (χ0) is 26.6. The molecular weight excluding hydrogens is 484 g/mol. The summed E-state index contributed by atoms with van der Waals surface area (Å²) in [7, 11) is 0. The standard InChI is InChI=1S/C30H26N2O6/c1-3-18-9-14-24-23(15-18)20(17-37-24)16-26(33)32-27-22-7-5-6-8-25(22)38-28(27)29(34)31-21-12-10-19(11-13-21)30(35)36-4-2/h5-15,17H,3-4,16H2,1-2H3,(H,31,34)(H,32,33). The summed E-state index contributed by atoms with van der Waals surface area (Å²) in [6.07, 6.45) is 2.53. The van der Waals surface area contributed by atoms with E-state index >= 15 is 0 Å². The molecule has 0 saturated carbocycles. The molecule has 2 aromatic heterocycles. The maximum atomic E-state index is 13.2. The number of anilines is 2. The number of hydrogen-bond acceptors (Lipinski definition) is 6. The van der Waals surface area contributed by atoms with E-state index in [1.807, 2.05) is 18.2 Å². The Kier molecular flexibility index (Phi) is 6.95. The van der Waals surface area contributed by atoms with Crippen LogP contribution in [0.3, 0.4) is 0 Å². The number of ether oxygens (including phenoxy) is 1. The number of furan rings is 2. The van der Waals surface area contributed by atoms with Gasteiger partial charge in [-0.05, 0) is 67.4 Å². The molecule has 8 heteroatoms. The SMILES string of the molecule is CCOC(=O)c1ccc(NC(=O)c2oc3ccccc3c2NC(=O)Cc2coc3ccc(CC)cc23)cc1. The first-order chi connectivity index (χ1) is 18.5. The fourth-order valence-electron chi connectivity index (χ4n) is 4.26. The summed E-state index contributed by atoms with van der Waals surface area (Å²) in [6, 6.07) is 19.4. The zero-order valence-electron chi connectivity index (χ0n) is 21.0. The van der Waals surface area contributed by atoms with Gasteiger partial charge in [-0.3, -0.25) is 9.59 Å². The maximum Gasteiger partial charge on any atom is 0.338 e. The number of para-hydroxylation sites is 1. The Morgan fingerprint density at radius 1 is 0.868 bits per heavy atom. The van der Waals surface area contributed by atoms with E-state index in [-0.39, 0.29) is 30.4 Å². The normalized spacial score (nSPS) is 11.0. The van der Waals surface area contributed by atoms with Crippen molar-refractivity contribution in [1.29, 1.82) is 0 Å². The molecule has 0 unspecified atom stereocenters. The summed E-state index contributed by atoms with van der Waals surface area (Å²) < 4.78 is 16.5. The largest absolute Gasteiger partial charge is 0.464 e. The molecule has 0 aliphatic carbocycles. The molecule has 2 heterocycles. The van der Waals surface area contributed by atoms with Crippen molar-refractivity contribution < 1.29 is 28.0 Å². The molecule has 2 N–H and O–H groups in total. The fraction of sp³-hybridized carbons (Fsp3) is 0.167. The minimum absolute atomic E-state index is 0.0284. The van der Waals surface area contributed by atoms with E-state index in [2.05, 4.69) is 17.6 Å². The molecule has 0 atom stereocenters. The summed E-state index contributed by atoms with van der Waals surface area (Å²) in [5.74, 6) is -1.32. The topological polar surface area (TPSA) is 111 Å². The van der Waals surface area contributed by atoms with Gasteiger partial charge in [0.1, 0.15) is 16.9 Å². The average Bonchev–Trinajstić information content (AvgIpc) is 3.50. The van der Waals surface area contributed by atoms with Crippen molar-refractivity contribution in [3.05, 3.63) is 95.4 Å². The first kappa shape index (κ1) is 24.8. The van der Waals surface area contributed by atoms with Crippen LogP contribution in [0.4, 0.5) is 11.4 Å². The summed E-state index contributed by atoms with van der Waals surface area (Å²) in [6.45, 7) is 4.07. The Hall–Kier alpha value is -4.85. The van der Waals surface area contributed by atoms with Gasteiger partial charge in [0.25, 0.3) is 5.91 Å². The van der Waals surface area contributed by atoms with Crippen molar-refractivity contribution in [3.63, 3.8) is 0 Å². The first-order valence-electron chi connectivity index (χ1n) is 12.4. The smallest absolute Gasteiger partial charge is 0.338 e. The predicted molar refractivity (Wildman–Crippen MR) is 144 cm³/mol. The molecule has 0 aliphatic rings. The molecule has 2 amide bonds. The van der Waals surface area contributed by atoms with Crippen LogP contribution >= 0.6 is 0 Å². The van der Waals surface area contributed by atoms with Crippen LogP contribution in [-0.2, 0) is 22.4 Å². The van der Waals surface area contributed by atoms with Gasteiger partial charge >= 0.3 is 5.97 Å². The lowest BCUT2D eigenvalue weighted by atomic mass is 10.1. The van der Waals surface area contributed by atoms with Gasteiger partial charge in [-0.25, -0.2) is 4.79 Å². The molecule has 0 aliphatic heterocycles. The number of esters is 1. The second-order valence-electron chi connectivity index (χ2n) is 8.72. The minimum atomic E-state index is -0.540. The van der Waals surface area contributed by atoms with Crippen molar-refractivity contribution in [2.75, 3.05) is 17.2 Å². The van der Waals surface area contributed by atoms with Gasteiger partial charge in [-0.1, -0.05) is 25.1 Å². The zero-order valence-corrected chi connectivity index (χ0v) is 21.0. The molecule has 0 spiro atoms. The predicted octanol–water partition coefficient (Wildman–Crippen LogP) is 6.35. The summed E-state index contributed by atoms with van der Waals surface area (Å²) >= 11 is 0. The number of hydrogen-bond donors (Lipinski definition) is 2. The summed E-state index contributed by atoms with van der Waals surface area (Å²) in [5.41, 5.74) is 4.20. The van der Waals surface area contributed by atoms with Gasteiger partial charge < -0.3 is 24.2 Å². The van der Waals surface area contributed by atoms with Gasteiger partial charge in [0.2, 0.25) is 11.7 Å². The number of nitrogens with one attached hydrogen (secondary N) is 2. The second kappa shape index (κ2) is 10.6. The number of aryl methyl sites for hydroxylation is 1. The quantitative estimate of drug-likeness (QED) is 0.235. The molecule has 5 aromatic rings. The van der Waals surface area contributed by atoms with Crippen LogP contribution in [0.15, 0.2) is 81.8 Å². The Bertz CT molecular complexity index is 1640. The highest BCUT2D eigenvalue weighted by molar-refractivity contribution is 6.15. The van der Waals surface area contributed by atoms with E-state index in [1.54, 1.807) is 61.7 Å². The molecule has 0 radical (unpaired) electrons. The van der Waals surface area contributed by atoms with Crippen LogP contribution in [0.1, 0.15) is 45.9 Å². The Morgan fingerprint density at radius 2 is 1.66 bits per heavy atom. The number of amides is 2. The fourth-order valence-corrected chi connectivity index (χ4v) is 4.26. The van der Waals surface area contributed by atoms with Gasteiger partial charge in [-0.15, -0.1) is 0 Å². The van der Waals surface area contributed by atoms with Crippen LogP contribution in [0.25, 0.3) is 21.9 Å². The van der Waals surface area contributed by atoms with E-state index in [0.717, 1.165) is 22.9 Å². The third-order valence-corrected chi connectivity index (χ3v) is 6.20. The van der Waals surface area contributed by atoms with Crippen LogP contribution in [0, 0.1) is 0 Å². The lowest BCUT2D eigenvalue weighted by Gasteiger charge is -2.08. The van der Waals surface area contributed by atoms with Gasteiger partial charge in [0.15, 0.2) is 0 Å². The monoisotopic (exact) mass is 510 g/mol. The van der Waals surface area contributed by atoms with Crippen LogP contribution < -0.4 is 10.6 Å². The van der Waals surface area contributed by atoms with Crippen molar-refractivity contribution in [2.24, 2.45) is 0 Å². The molecule has 0 fully saturated rings. The maximum absolute atomic E-state index is 13.2. The number of carbonyl (C=O) groups is 3. The molecule has 0 saturated heterocycles. The second-order valence-corrected chi connectivity index (χ2v) is 8.72. The highest BCUT2D eigenvalue weighted by Crippen LogP contribution is 2.32. The molecule has 5 rings (SSSR count). The van der Waals surface area contributed by atoms with Crippen molar-refractivity contribution in [1.82, 2.24) is 0 Å². The number of carbonyl (C=O) groups excluding carboxylic acids is 3. The lowest BCUT2D eigenvalue weighted by Crippen LogP contribution is -2.18. The third kappa shape index (κ3) is 5.01. The molecule has 192 valence electrons. The van der Waals surface area contributed by atoms with E-state index in [9.17, 15) is 14.4 Å². The number of fused-ring (bicyclic) bond motifs is 2. The van der Waals surface area contributed by atoms with Crippen LogP contribution in [0.5, 0.6) is 0 Å². The molecular formula is C30H26N2O6. The van der Waals surface area contributed by atoms with Gasteiger partial charge in [0.05, 0.1) is 24.9 Å². The summed E-state index contributed by atoms with van der Waals surface area (Å²) in [4.78, 5) is 38.2.